The molecule has 7 nitrogen and oxygen atoms in total. The Morgan fingerprint density at radius 2 is 2.06 bits per heavy atom. The second-order valence-corrected chi connectivity index (χ2v) is 9.49. The summed E-state index contributed by atoms with van der Waals surface area (Å²) in [4.78, 5) is 19.5. The maximum atomic E-state index is 13.8. The lowest BCUT2D eigenvalue weighted by molar-refractivity contribution is -0.111. The topological polar surface area (TPSA) is 86.7 Å². The van der Waals surface area contributed by atoms with E-state index in [1.54, 1.807) is 12.3 Å². The van der Waals surface area contributed by atoms with E-state index in [0.717, 1.165) is 56.0 Å². The van der Waals surface area contributed by atoms with Crippen LogP contribution < -0.4 is 10.6 Å². The summed E-state index contributed by atoms with van der Waals surface area (Å²) < 4.78 is 20.0. The average molecular weight is 465 g/mol. The highest BCUT2D eigenvalue weighted by atomic mass is 19.1. The normalized spacial score (nSPS) is 22.2. The molecule has 1 saturated heterocycles. The van der Waals surface area contributed by atoms with Gasteiger partial charge in [-0.05, 0) is 63.1 Å². The van der Waals surface area contributed by atoms with Crippen LogP contribution >= 0.6 is 0 Å². The first-order valence-corrected chi connectivity index (χ1v) is 11.7. The number of rotatable bonds is 5. The minimum absolute atomic E-state index is 0.160. The zero-order chi connectivity index (χ0) is 23.9. The molecule has 34 heavy (non-hydrogen) atoms. The predicted octanol–water partition coefficient (Wildman–Crippen LogP) is 3.64. The number of likely N-dealkylation sites (tertiary alicyclic amines) is 1. The van der Waals surface area contributed by atoms with Crippen molar-refractivity contribution >= 4 is 28.6 Å². The number of piperidine rings is 1. The van der Waals surface area contributed by atoms with Crippen LogP contribution in [0.1, 0.15) is 37.8 Å². The van der Waals surface area contributed by atoms with Crippen LogP contribution in [0.25, 0.3) is 11.1 Å². The van der Waals surface area contributed by atoms with Gasteiger partial charge in [-0.15, -0.1) is 0 Å². The number of carbonyl (C=O) groups is 1. The van der Waals surface area contributed by atoms with Gasteiger partial charge in [-0.1, -0.05) is 0 Å². The Bertz CT molecular complexity index is 1170. The molecular weight excluding hydrogens is 435 g/mol. The van der Waals surface area contributed by atoms with E-state index in [2.05, 4.69) is 20.5 Å². The summed E-state index contributed by atoms with van der Waals surface area (Å²) in [6.45, 7) is 7.40. The number of aromatic nitrogens is 1. The van der Waals surface area contributed by atoms with Gasteiger partial charge < -0.3 is 25.4 Å². The SMILES string of the molecule is CC1(C)OC(=C2C(=O)Nc3ccc(F)cc32)C=C1c1ccc(NCCN2CCC(O)CC2)nc1. The molecule has 3 aliphatic rings. The maximum Gasteiger partial charge on any atom is 0.260 e. The Balaban J connectivity index is 1.32. The smallest absolute Gasteiger partial charge is 0.260 e. The number of benzene rings is 1. The first kappa shape index (κ1) is 22.6. The van der Waals surface area contributed by atoms with Crippen molar-refractivity contribution < 1.29 is 19.0 Å². The number of anilines is 2. The highest BCUT2D eigenvalue weighted by Crippen LogP contribution is 2.44. The molecule has 1 amide bonds. The summed E-state index contributed by atoms with van der Waals surface area (Å²) >= 11 is 0. The maximum absolute atomic E-state index is 13.8. The van der Waals surface area contributed by atoms with Crippen LogP contribution in [0.2, 0.25) is 0 Å². The molecule has 3 N–H and O–H groups in total. The molecule has 5 rings (SSSR count). The molecule has 1 aromatic carbocycles. The molecule has 1 fully saturated rings. The van der Waals surface area contributed by atoms with Crippen molar-refractivity contribution in [2.45, 2.75) is 38.4 Å². The molecule has 0 unspecified atom stereocenters. The summed E-state index contributed by atoms with van der Waals surface area (Å²) in [5.74, 6) is 0.511. The molecule has 0 spiro atoms. The van der Waals surface area contributed by atoms with Gasteiger partial charge in [-0.25, -0.2) is 9.37 Å². The van der Waals surface area contributed by atoms with E-state index in [4.69, 9.17) is 4.74 Å². The number of allylic oxidation sites excluding steroid dienone is 1. The molecule has 0 bridgehead atoms. The Labute approximate surface area is 198 Å². The number of carbonyl (C=O) groups excluding carboxylic acids is 1. The van der Waals surface area contributed by atoms with Crippen molar-refractivity contribution in [1.82, 2.24) is 9.88 Å². The first-order chi connectivity index (χ1) is 16.3. The van der Waals surface area contributed by atoms with Gasteiger partial charge in [0.05, 0.1) is 11.7 Å². The van der Waals surface area contributed by atoms with E-state index in [9.17, 15) is 14.3 Å². The predicted molar refractivity (Wildman–Crippen MR) is 129 cm³/mol. The number of aliphatic hydroxyl groups excluding tert-OH is 1. The van der Waals surface area contributed by atoms with E-state index < -0.39 is 11.4 Å². The number of aliphatic hydroxyl groups is 1. The molecule has 0 radical (unpaired) electrons. The van der Waals surface area contributed by atoms with Crippen LogP contribution in [0.5, 0.6) is 0 Å². The Morgan fingerprint density at radius 1 is 1.26 bits per heavy atom. The van der Waals surface area contributed by atoms with Gasteiger partial charge in [0.1, 0.15) is 23.0 Å². The minimum Gasteiger partial charge on any atom is -0.482 e. The van der Waals surface area contributed by atoms with Crippen molar-refractivity contribution in [3.05, 3.63) is 65.3 Å². The fourth-order valence-electron chi connectivity index (χ4n) is 4.75. The Morgan fingerprint density at radius 3 is 2.79 bits per heavy atom. The van der Waals surface area contributed by atoms with Crippen molar-refractivity contribution in [1.29, 1.82) is 0 Å². The molecule has 0 aliphatic carbocycles. The van der Waals surface area contributed by atoms with Crippen molar-refractivity contribution in [2.75, 3.05) is 36.8 Å². The zero-order valence-electron chi connectivity index (χ0n) is 19.4. The summed E-state index contributed by atoms with van der Waals surface area (Å²) in [6, 6.07) is 8.16. The van der Waals surface area contributed by atoms with Crippen molar-refractivity contribution in [3.63, 3.8) is 0 Å². The van der Waals surface area contributed by atoms with E-state index in [1.807, 2.05) is 32.1 Å². The molecule has 8 heteroatoms. The Hall–Kier alpha value is -3.23. The van der Waals surface area contributed by atoms with Crippen LogP contribution in [0.3, 0.4) is 0 Å². The quantitative estimate of drug-likeness (QED) is 0.586. The number of fused-ring (bicyclic) bond motifs is 1. The summed E-state index contributed by atoms with van der Waals surface area (Å²) in [5, 5.41) is 15.8. The summed E-state index contributed by atoms with van der Waals surface area (Å²) in [6.07, 6.45) is 5.16. The lowest BCUT2D eigenvalue weighted by Gasteiger charge is -2.29. The fourth-order valence-corrected chi connectivity index (χ4v) is 4.75. The fraction of sp³-hybridized carbons (Fsp3) is 0.385. The zero-order valence-corrected chi connectivity index (χ0v) is 19.4. The average Bonchev–Trinajstić information content (AvgIpc) is 3.29. The number of ether oxygens (including phenoxy) is 1. The highest BCUT2D eigenvalue weighted by molar-refractivity contribution is 6.32. The molecule has 0 atom stereocenters. The van der Waals surface area contributed by atoms with E-state index in [-0.39, 0.29) is 12.0 Å². The standard InChI is InChI=1S/C26H29FN4O3/c1-26(2)20(14-22(34-26)24-19-13-17(27)4-5-21(19)30-25(24)33)16-3-6-23(29-15-16)28-9-12-31-10-7-18(32)8-11-31/h3-6,13-15,18,32H,7-12H2,1-2H3,(H,28,29)(H,30,33). The van der Waals surface area contributed by atoms with Crippen molar-refractivity contribution in [3.8, 4) is 0 Å². The number of hydrogen-bond donors (Lipinski definition) is 3. The van der Waals surface area contributed by atoms with Crippen LogP contribution in [0, 0.1) is 5.82 Å². The van der Waals surface area contributed by atoms with Crippen LogP contribution in [0.4, 0.5) is 15.9 Å². The second-order valence-electron chi connectivity index (χ2n) is 9.49. The number of nitrogens with zero attached hydrogens (tertiary/aromatic N) is 2. The number of pyridine rings is 1. The first-order valence-electron chi connectivity index (χ1n) is 11.7. The van der Waals surface area contributed by atoms with Gasteiger partial charge in [0.25, 0.3) is 5.91 Å². The second kappa shape index (κ2) is 8.85. The van der Waals surface area contributed by atoms with Gasteiger partial charge in [0.15, 0.2) is 0 Å². The number of amides is 1. The molecular formula is C26H29FN4O3. The molecule has 1 aromatic heterocycles. The summed E-state index contributed by atoms with van der Waals surface area (Å²) in [7, 11) is 0. The largest absolute Gasteiger partial charge is 0.482 e. The third-order valence-corrected chi connectivity index (χ3v) is 6.63. The molecule has 0 saturated carbocycles. The van der Waals surface area contributed by atoms with E-state index in [0.29, 0.717) is 22.6 Å². The third kappa shape index (κ3) is 4.43. The Kier molecular flexibility index (Phi) is 5.87. The molecule has 4 heterocycles. The number of halogens is 1. The molecule has 3 aliphatic heterocycles. The van der Waals surface area contributed by atoms with Gasteiger partial charge in [-0.3, -0.25) is 4.79 Å². The third-order valence-electron chi connectivity index (χ3n) is 6.63. The van der Waals surface area contributed by atoms with Gasteiger partial charge in [-0.2, -0.15) is 0 Å². The number of hydrogen-bond acceptors (Lipinski definition) is 6. The molecule has 2 aromatic rings. The van der Waals surface area contributed by atoms with Crippen LogP contribution in [-0.4, -0.2) is 58.8 Å². The van der Waals surface area contributed by atoms with Crippen LogP contribution in [-0.2, 0) is 9.53 Å². The summed E-state index contributed by atoms with van der Waals surface area (Å²) in [5.41, 5.74) is 2.56. The number of nitrogens with one attached hydrogen (secondary N) is 2. The lowest BCUT2D eigenvalue weighted by Crippen LogP contribution is -2.38. The van der Waals surface area contributed by atoms with E-state index in [1.165, 1.54) is 12.1 Å². The molecule has 178 valence electrons. The monoisotopic (exact) mass is 464 g/mol. The lowest BCUT2D eigenvalue weighted by atomic mass is 9.93. The van der Waals surface area contributed by atoms with Crippen molar-refractivity contribution in [2.24, 2.45) is 0 Å². The van der Waals surface area contributed by atoms with Gasteiger partial charge in [0, 0.05) is 54.8 Å². The van der Waals surface area contributed by atoms with Gasteiger partial charge >= 0.3 is 0 Å². The minimum atomic E-state index is -0.672. The van der Waals surface area contributed by atoms with E-state index >= 15 is 0 Å². The van der Waals surface area contributed by atoms with Crippen LogP contribution in [0.15, 0.2) is 48.4 Å². The van der Waals surface area contributed by atoms with Gasteiger partial charge in [0.2, 0.25) is 0 Å². The highest BCUT2D eigenvalue weighted by Gasteiger charge is 2.38.